The van der Waals surface area contributed by atoms with Crippen molar-refractivity contribution in [1.29, 1.82) is 0 Å². The number of halogens is 1. The van der Waals surface area contributed by atoms with Crippen molar-refractivity contribution >= 4 is 5.97 Å². The third kappa shape index (κ3) is 25.5. The molecule has 234 valence electrons. The quantitative estimate of drug-likeness (QED) is 0.0470. The van der Waals surface area contributed by atoms with Crippen LogP contribution in [0.2, 0.25) is 0 Å². The van der Waals surface area contributed by atoms with E-state index in [0.717, 1.165) is 26.1 Å². The van der Waals surface area contributed by atoms with E-state index < -0.39 is 0 Å². The van der Waals surface area contributed by atoms with Gasteiger partial charge in [-0.3, -0.25) is 4.79 Å². The Hall–Kier alpha value is 0.0800. The molecule has 0 radical (unpaired) electrons. The van der Waals surface area contributed by atoms with Crippen LogP contribution in [0, 0.1) is 0 Å². The van der Waals surface area contributed by atoms with Crippen LogP contribution in [0.15, 0.2) is 0 Å². The van der Waals surface area contributed by atoms with Gasteiger partial charge >= 0.3 is 5.97 Å². The molecule has 0 aromatic carbocycles. The molecule has 1 aliphatic rings. The Kier molecular flexibility index (Phi) is 28.3. The van der Waals surface area contributed by atoms with Crippen molar-refractivity contribution in [2.45, 2.75) is 155 Å². The van der Waals surface area contributed by atoms with Crippen molar-refractivity contribution in [3.8, 4) is 0 Å². The number of quaternary nitrogens is 1. The van der Waals surface area contributed by atoms with E-state index in [0.29, 0.717) is 13.2 Å². The molecule has 0 aliphatic carbocycles. The van der Waals surface area contributed by atoms with Gasteiger partial charge in [0, 0.05) is 33.0 Å². The van der Waals surface area contributed by atoms with E-state index in [1.54, 1.807) is 0 Å². The van der Waals surface area contributed by atoms with Gasteiger partial charge in [-0.2, -0.15) is 0 Å². The Morgan fingerprint density at radius 2 is 1.03 bits per heavy atom. The molecule has 1 saturated heterocycles. The van der Waals surface area contributed by atoms with Crippen LogP contribution in [0.1, 0.15) is 149 Å². The Balaban J connectivity index is 0.0000144. The van der Waals surface area contributed by atoms with Crippen LogP contribution in [-0.4, -0.2) is 69.7 Å². The van der Waals surface area contributed by atoms with Crippen LogP contribution >= 0.6 is 0 Å². The van der Waals surface area contributed by atoms with E-state index in [4.69, 9.17) is 14.2 Å². The zero-order valence-electron chi connectivity index (χ0n) is 26.3. The fourth-order valence-corrected chi connectivity index (χ4v) is 5.73. The van der Waals surface area contributed by atoms with Crippen LogP contribution in [-0.2, 0) is 19.0 Å². The number of nitrogens with zero attached hydrogens (tertiary/aromatic N) is 1. The molecular formula is C33H66INO4. The molecule has 5 nitrogen and oxygen atoms in total. The number of esters is 1. The van der Waals surface area contributed by atoms with Gasteiger partial charge in [-0.1, -0.05) is 103 Å². The Morgan fingerprint density at radius 3 is 1.44 bits per heavy atom. The lowest BCUT2D eigenvalue weighted by molar-refractivity contribution is -0.897. The summed E-state index contributed by atoms with van der Waals surface area (Å²) < 4.78 is 18.3. The molecule has 1 rings (SSSR count). The normalized spacial score (nSPS) is 15.3. The van der Waals surface area contributed by atoms with Gasteiger partial charge in [-0.25, -0.2) is 0 Å². The van der Waals surface area contributed by atoms with Crippen molar-refractivity contribution in [1.82, 2.24) is 0 Å². The number of ether oxygens (including phenoxy) is 3. The Labute approximate surface area is 260 Å². The molecule has 0 spiro atoms. The number of unbranched alkanes of at least 4 members (excludes halogenated alkanes) is 17. The summed E-state index contributed by atoms with van der Waals surface area (Å²) >= 11 is 0. The maximum atomic E-state index is 11.4. The van der Waals surface area contributed by atoms with E-state index in [1.165, 1.54) is 153 Å². The predicted molar refractivity (Wildman–Crippen MR) is 161 cm³/mol. The number of rotatable bonds is 28. The van der Waals surface area contributed by atoms with Gasteiger partial charge in [-0.15, -0.1) is 0 Å². The highest BCUT2D eigenvalue weighted by atomic mass is 127. The molecule has 39 heavy (non-hydrogen) atoms. The van der Waals surface area contributed by atoms with Crippen LogP contribution in [0.3, 0.4) is 0 Å². The highest BCUT2D eigenvalue weighted by Gasteiger charge is 2.25. The van der Waals surface area contributed by atoms with E-state index in [1.807, 2.05) is 0 Å². The Bertz CT molecular complexity index is 528. The lowest BCUT2D eigenvalue weighted by atomic mass is 10.0. The minimum absolute atomic E-state index is 0. The molecule has 1 unspecified atom stereocenters. The summed E-state index contributed by atoms with van der Waals surface area (Å²) in [6.45, 7) is 10.2. The zero-order valence-corrected chi connectivity index (χ0v) is 28.5. The van der Waals surface area contributed by atoms with Crippen LogP contribution in [0.4, 0.5) is 0 Å². The fourth-order valence-electron chi connectivity index (χ4n) is 5.73. The number of likely N-dealkylation sites (tertiary alicyclic amines) is 1. The van der Waals surface area contributed by atoms with E-state index in [-0.39, 0.29) is 36.0 Å². The molecule has 6 heteroatoms. The van der Waals surface area contributed by atoms with Gasteiger partial charge in [-0.05, 0) is 25.7 Å². The molecular weight excluding hydrogens is 601 g/mol. The first-order valence-electron chi connectivity index (χ1n) is 16.7. The number of carbonyl (C=O) groups excluding carboxylic acids is 1. The summed E-state index contributed by atoms with van der Waals surface area (Å²) in [5.41, 5.74) is 0. The summed E-state index contributed by atoms with van der Waals surface area (Å²) in [5.74, 6) is -0.256. The molecule has 0 saturated carbocycles. The number of hydrogen-bond acceptors (Lipinski definition) is 4. The lowest BCUT2D eigenvalue weighted by Crippen LogP contribution is -3.00. The van der Waals surface area contributed by atoms with Crippen molar-refractivity contribution < 1.29 is 47.5 Å². The first-order valence-corrected chi connectivity index (χ1v) is 16.7. The summed E-state index contributed by atoms with van der Waals surface area (Å²) in [4.78, 5) is 11.4. The Morgan fingerprint density at radius 1 is 0.641 bits per heavy atom. The van der Waals surface area contributed by atoms with Crippen molar-refractivity contribution in [2.75, 3.05) is 53.1 Å². The standard InChI is InChI=1S/C33H66NO4.HI/c1-4-5-6-7-8-9-10-11-12-13-14-15-18-23-28-36-30-33(38-32(2)35)31-37-29-24-19-16-17-20-25-34(3)26-21-22-27-34;/h33H,4-31H2,1-3H3;1H/q+1;/p-1. The molecule has 0 bridgehead atoms. The topological polar surface area (TPSA) is 44.8 Å². The zero-order chi connectivity index (χ0) is 27.6. The second-order valence-electron chi connectivity index (χ2n) is 12.2. The SMILES string of the molecule is CCCCCCCCCCCCCCCCOCC(COCCCCCCC[N+]1(C)CCCC1)OC(C)=O.[I-]. The van der Waals surface area contributed by atoms with Gasteiger partial charge in [0.25, 0.3) is 0 Å². The smallest absolute Gasteiger partial charge is 0.303 e. The third-order valence-electron chi connectivity index (χ3n) is 8.21. The predicted octanol–water partition coefficient (Wildman–Crippen LogP) is 5.63. The minimum Gasteiger partial charge on any atom is -1.00 e. The average Bonchev–Trinajstić information content (AvgIpc) is 3.33. The first kappa shape index (κ1) is 39.1. The number of hydrogen-bond donors (Lipinski definition) is 0. The molecule has 1 atom stereocenters. The van der Waals surface area contributed by atoms with E-state index in [2.05, 4.69) is 14.0 Å². The van der Waals surface area contributed by atoms with Crippen LogP contribution in [0.25, 0.3) is 0 Å². The number of carbonyl (C=O) groups is 1. The molecule has 0 amide bonds. The second kappa shape index (κ2) is 28.2. The second-order valence-corrected chi connectivity index (χ2v) is 12.2. The van der Waals surface area contributed by atoms with Crippen molar-refractivity contribution in [3.63, 3.8) is 0 Å². The maximum Gasteiger partial charge on any atom is 0.303 e. The molecule has 1 heterocycles. The van der Waals surface area contributed by atoms with Gasteiger partial charge in [0.15, 0.2) is 0 Å². The van der Waals surface area contributed by atoms with Gasteiger partial charge in [0.1, 0.15) is 6.10 Å². The highest BCUT2D eigenvalue weighted by Crippen LogP contribution is 2.18. The first-order chi connectivity index (χ1) is 18.6. The van der Waals surface area contributed by atoms with Crippen LogP contribution in [0.5, 0.6) is 0 Å². The maximum absolute atomic E-state index is 11.4. The van der Waals surface area contributed by atoms with Crippen molar-refractivity contribution in [2.24, 2.45) is 0 Å². The molecule has 1 aliphatic heterocycles. The fraction of sp³-hybridized carbons (Fsp3) is 0.970. The molecule has 0 aromatic heterocycles. The average molecular weight is 668 g/mol. The van der Waals surface area contributed by atoms with E-state index in [9.17, 15) is 4.79 Å². The van der Waals surface area contributed by atoms with Crippen LogP contribution < -0.4 is 24.0 Å². The van der Waals surface area contributed by atoms with Crippen molar-refractivity contribution in [3.05, 3.63) is 0 Å². The summed E-state index contributed by atoms with van der Waals surface area (Å²) in [6, 6.07) is 0. The van der Waals surface area contributed by atoms with Gasteiger partial charge in [0.05, 0.1) is 39.9 Å². The highest BCUT2D eigenvalue weighted by molar-refractivity contribution is 5.66. The monoisotopic (exact) mass is 667 g/mol. The van der Waals surface area contributed by atoms with Gasteiger partial charge in [0.2, 0.25) is 0 Å². The minimum atomic E-state index is -0.288. The lowest BCUT2D eigenvalue weighted by Gasteiger charge is -2.29. The summed E-state index contributed by atoms with van der Waals surface area (Å²) in [5, 5.41) is 0. The summed E-state index contributed by atoms with van der Waals surface area (Å²) in [6.07, 6.45) is 27.9. The molecule has 1 fully saturated rings. The molecule has 0 aromatic rings. The third-order valence-corrected chi connectivity index (χ3v) is 8.21. The summed E-state index contributed by atoms with van der Waals surface area (Å²) in [7, 11) is 2.42. The molecule has 0 N–H and O–H groups in total. The largest absolute Gasteiger partial charge is 1.00 e. The van der Waals surface area contributed by atoms with E-state index >= 15 is 0 Å². The van der Waals surface area contributed by atoms with Gasteiger partial charge < -0.3 is 42.7 Å².